The SMILES string of the molecule is CO[C@H](C)C(=O)N(Cc1ccccc1)[C@@H](C)c1ccccn1. The second-order valence-electron chi connectivity index (χ2n) is 5.26. The molecule has 1 aromatic carbocycles. The molecular formula is C18H22N2O2. The summed E-state index contributed by atoms with van der Waals surface area (Å²) in [5.41, 5.74) is 1.96. The molecule has 0 bridgehead atoms. The van der Waals surface area contributed by atoms with Gasteiger partial charge in [-0.25, -0.2) is 0 Å². The number of hydrogen-bond acceptors (Lipinski definition) is 3. The summed E-state index contributed by atoms with van der Waals surface area (Å²) in [6, 6.07) is 15.6. The molecule has 0 aliphatic carbocycles. The summed E-state index contributed by atoms with van der Waals surface area (Å²) in [4.78, 5) is 18.9. The minimum Gasteiger partial charge on any atom is -0.372 e. The van der Waals surface area contributed by atoms with Crippen LogP contribution in [0.4, 0.5) is 0 Å². The lowest BCUT2D eigenvalue weighted by Gasteiger charge is -2.31. The Morgan fingerprint density at radius 1 is 1.14 bits per heavy atom. The van der Waals surface area contributed by atoms with Crippen LogP contribution in [0.15, 0.2) is 54.7 Å². The minimum atomic E-state index is -0.477. The van der Waals surface area contributed by atoms with Crippen molar-refractivity contribution < 1.29 is 9.53 Å². The molecule has 0 saturated carbocycles. The normalized spacial score (nSPS) is 13.4. The highest BCUT2D eigenvalue weighted by molar-refractivity contribution is 5.81. The van der Waals surface area contributed by atoms with Crippen LogP contribution in [0.1, 0.15) is 31.1 Å². The molecule has 4 heteroatoms. The maximum absolute atomic E-state index is 12.7. The highest BCUT2D eigenvalue weighted by Gasteiger charge is 2.26. The largest absolute Gasteiger partial charge is 0.372 e. The first kappa shape index (κ1) is 16.2. The fraction of sp³-hybridized carbons (Fsp3) is 0.333. The molecule has 4 nitrogen and oxygen atoms in total. The first-order valence-corrected chi connectivity index (χ1v) is 7.41. The van der Waals surface area contributed by atoms with E-state index in [2.05, 4.69) is 4.98 Å². The second-order valence-corrected chi connectivity index (χ2v) is 5.26. The lowest BCUT2D eigenvalue weighted by molar-refractivity contribution is -0.144. The number of nitrogens with zero attached hydrogens (tertiary/aromatic N) is 2. The Balaban J connectivity index is 2.27. The Morgan fingerprint density at radius 2 is 1.82 bits per heavy atom. The van der Waals surface area contributed by atoms with Crippen molar-refractivity contribution in [2.75, 3.05) is 7.11 Å². The molecule has 0 radical (unpaired) electrons. The zero-order valence-electron chi connectivity index (χ0n) is 13.3. The van der Waals surface area contributed by atoms with Gasteiger partial charge in [0.2, 0.25) is 0 Å². The fourth-order valence-electron chi connectivity index (χ4n) is 2.30. The van der Waals surface area contributed by atoms with E-state index >= 15 is 0 Å². The third kappa shape index (κ3) is 3.92. The molecule has 0 spiro atoms. The molecule has 0 N–H and O–H groups in total. The summed E-state index contributed by atoms with van der Waals surface area (Å²) >= 11 is 0. The lowest BCUT2D eigenvalue weighted by atomic mass is 10.1. The van der Waals surface area contributed by atoms with Gasteiger partial charge in [-0.3, -0.25) is 9.78 Å². The smallest absolute Gasteiger partial charge is 0.252 e. The molecule has 1 aromatic heterocycles. The Hall–Kier alpha value is -2.20. The number of carbonyl (C=O) groups is 1. The summed E-state index contributed by atoms with van der Waals surface area (Å²) < 4.78 is 5.21. The Labute approximate surface area is 131 Å². The molecule has 0 aliphatic rings. The molecule has 2 rings (SSSR count). The number of benzene rings is 1. The van der Waals surface area contributed by atoms with Crippen LogP contribution in [-0.4, -0.2) is 29.0 Å². The molecule has 2 aromatic rings. The maximum Gasteiger partial charge on any atom is 0.252 e. The third-order valence-electron chi connectivity index (χ3n) is 3.76. The topological polar surface area (TPSA) is 42.4 Å². The fourth-order valence-corrected chi connectivity index (χ4v) is 2.30. The van der Waals surface area contributed by atoms with Crippen LogP contribution in [0, 0.1) is 0 Å². The van der Waals surface area contributed by atoms with Gasteiger partial charge in [-0.1, -0.05) is 36.4 Å². The molecule has 0 fully saturated rings. The lowest BCUT2D eigenvalue weighted by Crippen LogP contribution is -2.40. The van der Waals surface area contributed by atoms with Crippen molar-refractivity contribution in [1.82, 2.24) is 9.88 Å². The molecule has 2 atom stereocenters. The molecular weight excluding hydrogens is 276 g/mol. The van der Waals surface area contributed by atoms with E-state index in [1.54, 1.807) is 20.2 Å². The van der Waals surface area contributed by atoms with Crippen molar-refractivity contribution in [2.45, 2.75) is 32.5 Å². The van der Waals surface area contributed by atoms with Gasteiger partial charge >= 0.3 is 0 Å². The zero-order chi connectivity index (χ0) is 15.9. The van der Waals surface area contributed by atoms with E-state index < -0.39 is 6.10 Å². The number of hydrogen-bond donors (Lipinski definition) is 0. The minimum absolute atomic E-state index is 0.0375. The molecule has 1 amide bonds. The van der Waals surface area contributed by atoms with Gasteiger partial charge in [-0.15, -0.1) is 0 Å². The first-order valence-electron chi connectivity index (χ1n) is 7.41. The third-order valence-corrected chi connectivity index (χ3v) is 3.76. The van der Waals surface area contributed by atoms with Crippen LogP contribution in [-0.2, 0) is 16.1 Å². The molecule has 1 heterocycles. The van der Waals surface area contributed by atoms with E-state index in [-0.39, 0.29) is 11.9 Å². The highest BCUT2D eigenvalue weighted by atomic mass is 16.5. The van der Waals surface area contributed by atoms with Gasteiger partial charge in [0.05, 0.1) is 11.7 Å². The number of rotatable bonds is 6. The van der Waals surface area contributed by atoms with E-state index in [0.29, 0.717) is 6.54 Å². The van der Waals surface area contributed by atoms with Gasteiger partial charge in [0.1, 0.15) is 6.10 Å². The van der Waals surface area contributed by atoms with Gasteiger partial charge in [-0.05, 0) is 31.5 Å². The van der Waals surface area contributed by atoms with E-state index in [1.165, 1.54) is 0 Å². The van der Waals surface area contributed by atoms with E-state index in [9.17, 15) is 4.79 Å². The van der Waals surface area contributed by atoms with Crippen LogP contribution in [0.3, 0.4) is 0 Å². The number of methoxy groups -OCH3 is 1. The van der Waals surface area contributed by atoms with Crippen LogP contribution < -0.4 is 0 Å². The van der Waals surface area contributed by atoms with E-state index in [1.807, 2.05) is 60.4 Å². The predicted octanol–water partition coefficient (Wildman–Crippen LogP) is 3.21. The summed E-state index contributed by atoms with van der Waals surface area (Å²) in [6.07, 6.45) is 1.27. The van der Waals surface area contributed by atoms with Crippen LogP contribution in [0.5, 0.6) is 0 Å². The van der Waals surface area contributed by atoms with Crippen molar-refractivity contribution in [1.29, 1.82) is 0 Å². The molecule has 0 saturated heterocycles. The summed E-state index contributed by atoms with van der Waals surface area (Å²) in [5, 5.41) is 0. The average Bonchev–Trinajstić information content (AvgIpc) is 2.59. The van der Waals surface area contributed by atoms with Crippen molar-refractivity contribution in [3.05, 3.63) is 66.0 Å². The number of ether oxygens (including phenoxy) is 1. The number of amides is 1. The summed E-state index contributed by atoms with van der Waals surface area (Å²) in [7, 11) is 1.55. The summed E-state index contributed by atoms with van der Waals surface area (Å²) in [6.45, 7) is 4.29. The van der Waals surface area contributed by atoms with Gasteiger partial charge < -0.3 is 9.64 Å². The quantitative estimate of drug-likeness (QED) is 0.822. The van der Waals surface area contributed by atoms with Crippen molar-refractivity contribution in [2.24, 2.45) is 0 Å². The standard InChI is InChI=1S/C18H22N2O2/c1-14(17-11-7-8-12-19-17)20(18(21)15(2)22-3)13-16-9-5-4-6-10-16/h4-12,14-15H,13H2,1-3H3/t14-,15+/m0/s1. The molecule has 22 heavy (non-hydrogen) atoms. The Morgan fingerprint density at radius 3 is 2.41 bits per heavy atom. The van der Waals surface area contributed by atoms with Gasteiger partial charge in [0.15, 0.2) is 0 Å². The number of pyridine rings is 1. The van der Waals surface area contributed by atoms with Crippen LogP contribution in [0.2, 0.25) is 0 Å². The highest BCUT2D eigenvalue weighted by Crippen LogP contribution is 2.22. The van der Waals surface area contributed by atoms with Crippen molar-refractivity contribution >= 4 is 5.91 Å². The van der Waals surface area contributed by atoms with Crippen molar-refractivity contribution in [3.63, 3.8) is 0 Å². The average molecular weight is 298 g/mol. The number of carbonyl (C=O) groups excluding carboxylic acids is 1. The van der Waals surface area contributed by atoms with Crippen molar-refractivity contribution in [3.8, 4) is 0 Å². The summed E-state index contributed by atoms with van der Waals surface area (Å²) in [5.74, 6) is -0.0375. The van der Waals surface area contributed by atoms with E-state index in [0.717, 1.165) is 11.3 Å². The monoisotopic (exact) mass is 298 g/mol. The van der Waals surface area contributed by atoms with Gasteiger partial charge in [0, 0.05) is 19.9 Å². The Bertz CT molecular complexity index is 587. The molecule has 0 unspecified atom stereocenters. The predicted molar refractivity (Wildman–Crippen MR) is 86.1 cm³/mol. The van der Waals surface area contributed by atoms with Gasteiger partial charge in [0.25, 0.3) is 5.91 Å². The zero-order valence-corrected chi connectivity index (χ0v) is 13.3. The first-order chi connectivity index (χ1) is 10.6. The Kier molecular flexibility index (Phi) is 5.67. The molecule has 0 aliphatic heterocycles. The van der Waals surface area contributed by atoms with Crippen LogP contribution in [0.25, 0.3) is 0 Å². The van der Waals surface area contributed by atoms with Crippen LogP contribution >= 0.6 is 0 Å². The number of aromatic nitrogens is 1. The maximum atomic E-state index is 12.7. The molecule has 116 valence electrons. The van der Waals surface area contributed by atoms with E-state index in [4.69, 9.17) is 4.74 Å². The second kappa shape index (κ2) is 7.71. The van der Waals surface area contributed by atoms with Gasteiger partial charge in [-0.2, -0.15) is 0 Å².